The van der Waals surface area contributed by atoms with Gasteiger partial charge in [0.2, 0.25) is 0 Å². The van der Waals surface area contributed by atoms with Crippen molar-refractivity contribution in [3.05, 3.63) is 117 Å². The van der Waals surface area contributed by atoms with Crippen LogP contribution in [0.3, 0.4) is 0 Å². The van der Waals surface area contributed by atoms with Crippen LogP contribution in [0.25, 0.3) is 0 Å². The Hall–Kier alpha value is -6.30. The van der Waals surface area contributed by atoms with Crippen LogP contribution in [0, 0.1) is 55.4 Å². The fourth-order valence-electron chi connectivity index (χ4n) is 5.40. The number of rotatable bonds is 10. The lowest BCUT2D eigenvalue weighted by Gasteiger charge is -2.10. The average Bonchev–Trinajstić information content (AvgIpc) is 3.03. The molecule has 0 N–H and O–H groups in total. The molecule has 0 aliphatic heterocycles. The van der Waals surface area contributed by atoms with Gasteiger partial charge in [-0.1, -0.05) is 24.3 Å². The van der Waals surface area contributed by atoms with Gasteiger partial charge in [-0.05, 0) is 148 Å². The predicted octanol–water partition coefficient (Wildman–Crippen LogP) is 9.40. The highest BCUT2D eigenvalue weighted by Gasteiger charge is 2.14. The third-order valence-electron chi connectivity index (χ3n) is 7.13. The van der Waals surface area contributed by atoms with Crippen LogP contribution in [-0.2, 0) is 0 Å². The average molecular weight is 703 g/mol. The van der Waals surface area contributed by atoms with E-state index in [2.05, 4.69) is 54.2 Å². The van der Waals surface area contributed by atoms with Gasteiger partial charge < -0.3 is 28.4 Å². The Balaban J connectivity index is 0.000000201. The lowest BCUT2D eigenvalue weighted by Crippen LogP contribution is -2.01. The van der Waals surface area contributed by atoms with Gasteiger partial charge in [-0.2, -0.15) is 0 Å². The van der Waals surface area contributed by atoms with Gasteiger partial charge in [0, 0.05) is 0 Å². The van der Waals surface area contributed by atoms with Gasteiger partial charge in [-0.15, -0.1) is 29.9 Å². The second-order valence-corrected chi connectivity index (χ2v) is 12.5. The number of nitrogens with zero attached hydrogens (tertiary/aromatic N) is 6. The van der Waals surface area contributed by atoms with Crippen LogP contribution >= 0.6 is 0 Å². The van der Waals surface area contributed by atoms with Crippen LogP contribution in [0.1, 0.15) is 44.5 Å². The monoisotopic (exact) mass is 702 g/mol. The van der Waals surface area contributed by atoms with Gasteiger partial charge in [0.25, 0.3) is 0 Å². The first-order chi connectivity index (χ1) is 24.8. The molecule has 12 heteroatoms. The molecule has 12 nitrogen and oxygen atoms in total. The van der Waals surface area contributed by atoms with Gasteiger partial charge in [0.1, 0.15) is 23.0 Å². The Labute approximate surface area is 303 Å². The topological polar surface area (TPSA) is 133 Å². The van der Waals surface area contributed by atoms with E-state index in [1.54, 1.807) is 0 Å². The van der Waals surface area contributed by atoms with E-state index in [4.69, 9.17) is 28.4 Å². The first kappa shape index (κ1) is 37.0. The van der Waals surface area contributed by atoms with E-state index in [1.165, 1.54) is 14.2 Å². The molecule has 268 valence electrons. The summed E-state index contributed by atoms with van der Waals surface area (Å²) < 4.78 is 33.4. The molecule has 52 heavy (non-hydrogen) atoms. The predicted molar refractivity (Wildman–Crippen MR) is 197 cm³/mol. The van der Waals surface area contributed by atoms with Crippen molar-refractivity contribution in [1.29, 1.82) is 0 Å². The summed E-state index contributed by atoms with van der Waals surface area (Å²) in [6.07, 6.45) is 0. The molecule has 0 radical (unpaired) electrons. The molecule has 0 spiro atoms. The molecule has 0 saturated carbocycles. The van der Waals surface area contributed by atoms with Crippen molar-refractivity contribution in [1.82, 2.24) is 29.9 Å². The molecular weight excluding hydrogens is 660 g/mol. The molecule has 0 bridgehead atoms. The number of ether oxygens (including phenoxy) is 6. The van der Waals surface area contributed by atoms with Crippen LogP contribution in [-0.4, -0.2) is 44.1 Å². The second-order valence-electron chi connectivity index (χ2n) is 12.5. The van der Waals surface area contributed by atoms with E-state index in [9.17, 15) is 0 Å². The summed E-state index contributed by atoms with van der Waals surface area (Å²) in [5.41, 5.74) is 8.72. The summed E-state index contributed by atoms with van der Waals surface area (Å²) in [7, 11) is 2.97. The van der Waals surface area contributed by atoms with Gasteiger partial charge in [0.05, 0.1) is 14.2 Å². The van der Waals surface area contributed by atoms with Crippen LogP contribution < -0.4 is 28.4 Å². The summed E-state index contributed by atoms with van der Waals surface area (Å²) in [5.74, 6) is 2.59. The van der Waals surface area contributed by atoms with Gasteiger partial charge in [0.15, 0.2) is 0 Å². The molecule has 0 aliphatic carbocycles. The summed E-state index contributed by atoms with van der Waals surface area (Å²) in [6.45, 7) is 16.0. The maximum absolute atomic E-state index is 5.79. The lowest BCUT2D eigenvalue weighted by atomic mass is 10.1. The minimum atomic E-state index is 0.112. The van der Waals surface area contributed by atoms with Crippen LogP contribution in [0.2, 0.25) is 0 Å². The van der Waals surface area contributed by atoms with Crippen molar-refractivity contribution in [3.8, 4) is 59.1 Å². The Morgan fingerprint density at radius 3 is 0.615 bits per heavy atom. The third kappa shape index (κ3) is 10.8. The smallest absolute Gasteiger partial charge is 0.331 e. The number of methoxy groups -OCH3 is 2. The zero-order valence-electron chi connectivity index (χ0n) is 31.1. The highest BCUT2D eigenvalue weighted by Crippen LogP contribution is 2.28. The molecular formula is C40H42N6O6. The van der Waals surface area contributed by atoms with Crippen molar-refractivity contribution >= 4 is 0 Å². The molecule has 6 aromatic rings. The van der Waals surface area contributed by atoms with Crippen molar-refractivity contribution < 1.29 is 28.4 Å². The van der Waals surface area contributed by atoms with Crippen LogP contribution in [0.4, 0.5) is 0 Å². The fraction of sp³-hybridized carbons (Fsp3) is 0.250. The Bertz CT molecular complexity index is 1810. The summed E-state index contributed by atoms with van der Waals surface area (Å²) in [4.78, 5) is 25.0. The Kier molecular flexibility index (Phi) is 11.8. The van der Waals surface area contributed by atoms with E-state index < -0.39 is 0 Å². The zero-order chi connectivity index (χ0) is 37.4. The molecule has 0 saturated heterocycles. The third-order valence-corrected chi connectivity index (χ3v) is 7.13. The molecule has 6 rings (SSSR count). The van der Waals surface area contributed by atoms with Crippen molar-refractivity contribution in [2.24, 2.45) is 0 Å². The Morgan fingerprint density at radius 1 is 0.269 bits per heavy atom. The number of hydrogen-bond donors (Lipinski definition) is 0. The van der Waals surface area contributed by atoms with E-state index in [1.807, 2.05) is 104 Å². The molecule has 0 unspecified atom stereocenters. The minimum Gasteiger partial charge on any atom is -0.467 e. The van der Waals surface area contributed by atoms with Gasteiger partial charge in [-0.3, -0.25) is 0 Å². The normalized spacial score (nSPS) is 10.5. The largest absolute Gasteiger partial charge is 0.467 e. The van der Waals surface area contributed by atoms with Gasteiger partial charge in [-0.25, -0.2) is 0 Å². The lowest BCUT2D eigenvalue weighted by molar-refractivity contribution is 0.335. The SMILES string of the molecule is COc1nc(Oc2cc(C)cc(C)c2)nc(Oc2cc(C)cc(C)c2)n1.COc1nc(Oc2cc(C)cc(C)c2)nc(Oc2cc(C)cc(C)c2)n1. The first-order valence-electron chi connectivity index (χ1n) is 16.5. The van der Waals surface area contributed by atoms with Crippen LogP contribution in [0.5, 0.6) is 59.1 Å². The summed E-state index contributed by atoms with van der Waals surface area (Å²) in [5, 5.41) is 0. The van der Waals surface area contributed by atoms with E-state index >= 15 is 0 Å². The molecule has 0 atom stereocenters. The van der Waals surface area contributed by atoms with Crippen molar-refractivity contribution in [3.63, 3.8) is 0 Å². The standard InChI is InChI=1S/2C20H21N3O3/c2*1-12-6-13(2)9-16(8-12)25-19-21-18(24-5)22-20(23-19)26-17-10-14(3)7-15(4)11-17/h2*6-11H,1-5H3. The molecule has 2 heterocycles. The zero-order valence-corrected chi connectivity index (χ0v) is 31.1. The van der Waals surface area contributed by atoms with Gasteiger partial charge >= 0.3 is 36.1 Å². The quantitative estimate of drug-likeness (QED) is 0.135. The highest BCUT2D eigenvalue weighted by molar-refractivity contribution is 5.38. The second kappa shape index (κ2) is 16.6. The molecule has 4 aromatic carbocycles. The molecule has 0 amide bonds. The van der Waals surface area contributed by atoms with Crippen molar-refractivity contribution in [2.45, 2.75) is 55.4 Å². The number of hydrogen-bond acceptors (Lipinski definition) is 12. The van der Waals surface area contributed by atoms with E-state index in [-0.39, 0.29) is 36.1 Å². The first-order valence-corrected chi connectivity index (χ1v) is 16.5. The summed E-state index contributed by atoms with van der Waals surface area (Å²) in [6, 6.07) is 24.2. The Morgan fingerprint density at radius 2 is 0.442 bits per heavy atom. The van der Waals surface area contributed by atoms with Crippen molar-refractivity contribution in [2.75, 3.05) is 14.2 Å². The maximum atomic E-state index is 5.79. The molecule has 0 aliphatic rings. The van der Waals surface area contributed by atoms with E-state index in [0.29, 0.717) is 23.0 Å². The fourth-order valence-corrected chi connectivity index (χ4v) is 5.40. The number of benzene rings is 4. The van der Waals surface area contributed by atoms with E-state index in [0.717, 1.165) is 44.5 Å². The van der Waals surface area contributed by atoms with Crippen LogP contribution in [0.15, 0.2) is 72.8 Å². The molecule has 2 aromatic heterocycles. The minimum absolute atomic E-state index is 0.112. The summed E-state index contributed by atoms with van der Waals surface area (Å²) >= 11 is 0. The molecule has 0 fully saturated rings. The highest BCUT2D eigenvalue weighted by atomic mass is 16.5. The number of aromatic nitrogens is 6. The maximum Gasteiger partial charge on any atom is 0.331 e. The number of aryl methyl sites for hydroxylation is 8.